The van der Waals surface area contributed by atoms with E-state index in [4.69, 9.17) is 5.11 Å². The molecule has 0 amide bonds. The first kappa shape index (κ1) is 9.41. The zero-order valence-electron chi connectivity index (χ0n) is 7.88. The van der Waals surface area contributed by atoms with Gasteiger partial charge in [-0.2, -0.15) is 0 Å². The van der Waals surface area contributed by atoms with E-state index in [9.17, 15) is 4.39 Å². The summed E-state index contributed by atoms with van der Waals surface area (Å²) >= 11 is 0. The van der Waals surface area contributed by atoms with Crippen LogP contribution in [0.3, 0.4) is 0 Å². The molecular weight excluding hydrogens is 169 g/mol. The van der Waals surface area contributed by atoms with Crippen LogP contribution in [0.15, 0.2) is 0 Å². The third-order valence-electron chi connectivity index (χ3n) is 3.57. The molecule has 0 aliphatic heterocycles. The smallest absolute Gasteiger partial charge is 0.117 e. The number of aliphatic hydroxyl groups excluding tert-OH is 1. The lowest BCUT2D eigenvalue weighted by atomic mass is 9.77. The highest BCUT2D eigenvalue weighted by Crippen LogP contribution is 2.46. The number of hydrogen-bond acceptors (Lipinski definition) is 2. The molecule has 0 bridgehead atoms. The van der Waals surface area contributed by atoms with Gasteiger partial charge in [0, 0.05) is 12.6 Å². The number of aliphatic hydroxyl groups is 1. The van der Waals surface area contributed by atoms with E-state index in [0.29, 0.717) is 12.6 Å². The second-order valence-corrected chi connectivity index (χ2v) is 4.48. The molecule has 2 aliphatic rings. The van der Waals surface area contributed by atoms with E-state index in [1.165, 1.54) is 25.7 Å². The Morgan fingerprint density at radius 1 is 1.31 bits per heavy atom. The minimum atomic E-state index is -0.807. The largest absolute Gasteiger partial charge is 0.389 e. The minimum Gasteiger partial charge on any atom is -0.389 e. The van der Waals surface area contributed by atoms with Crippen molar-refractivity contribution in [3.63, 3.8) is 0 Å². The first-order chi connectivity index (χ1) is 6.29. The molecule has 0 aromatic carbocycles. The van der Waals surface area contributed by atoms with Gasteiger partial charge in [-0.25, -0.2) is 4.39 Å². The van der Waals surface area contributed by atoms with Gasteiger partial charge in [0.15, 0.2) is 0 Å². The zero-order valence-corrected chi connectivity index (χ0v) is 7.88. The van der Waals surface area contributed by atoms with Crippen LogP contribution in [0.25, 0.3) is 0 Å². The summed E-state index contributed by atoms with van der Waals surface area (Å²) in [5.41, 5.74) is 0. The maximum absolute atomic E-state index is 11.9. The molecule has 3 heteroatoms. The van der Waals surface area contributed by atoms with Gasteiger partial charge < -0.3 is 10.4 Å². The molecule has 2 N–H and O–H groups in total. The second kappa shape index (κ2) is 3.93. The Morgan fingerprint density at radius 2 is 1.92 bits per heavy atom. The Bertz CT molecular complexity index is 164. The summed E-state index contributed by atoms with van der Waals surface area (Å²) in [4.78, 5) is 0. The predicted octanol–water partition coefficient (Wildman–Crippen LogP) is 1.09. The van der Waals surface area contributed by atoms with Crippen LogP contribution >= 0.6 is 0 Å². The molecule has 0 aromatic heterocycles. The topological polar surface area (TPSA) is 32.3 Å². The average molecular weight is 187 g/mol. The number of hydrogen-bond donors (Lipinski definition) is 2. The van der Waals surface area contributed by atoms with Crippen molar-refractivity contribution < 1.29 is 9.50 Å². The maximum atomic E-state index is 11.9. The predicted molar refractivity (Wildman–Crippen MR) is 49.2 cm³/mol. The Hall–Kier alpha value is -0.150. The minimum absolute atomic E-state index is 0.417. The molecule has 0 spiro atoms. The van der Waals surface area contributed by atoms with Crippen LogP contribution in [0.1, 0.15) is 25.7 Å². The van der Waals surface area contributed by atoms with Gasteiger partial charge in [-0.3, -0.25) is 0 Å². The Morgan fingerprint density at radius 3 is 2.38 bits per heavy atom. The van der Waals surface area contributed by atoms with Crippen molar-refractivity contribution in [2.45, 2.75) is 37.8 Å². The van der Waals surface area contributed by atoms with Crippen molar-refractivity contribution in [1.29, 1.82) is 0 Å². The highest BCUT2D eigenvalue weighted by Gasteiger charge is 2.39. The molecule has 3 unspecified atom stereocenters. The summed E-state index contributed by atoms with van der Waals surface area (Å²) < 4.78 is 11.9. The molecule has 0 radical (unpaired) electrons. The van der Waals surface area contributed by atoms with Crippen LogP contribution in [0.4, 0.5) is 4.39 Å². The molecule has 0 aromatic rings. The molecule has 2 rings (SSSR count). The van der Waals surface area contributed by atoms with Crippen molar-refractivity contribution in [3.05, 3.63) is 0 Å². The summed E-state index contributed by atoms with van der Waals surface area (Å²) in [5.74, 6) is 1.86. The molecule has 2 fully saturated rings. The summed E-state index contributed by atoms with van der Waals surface area (Å²) in [7, 11) is 0. The number of alkyl halides is 1. The van der Waals surface area contributed by atoms with Gasteiger partial charge in [-0.1, -0.05) is 0 Å². The van der Waals surface area contributed by atoms with Crippen LogP contribution in [-0.2, 0) is 0 Å². The van der Waals surface area contributed by atoms with E-state index in [1.807, 2.05) is 0 Å². The van der Waals surface area contributed by atoms with Crippen LogP contribution in [0.5, 0.6) is 0 Å². The van der Waals surface area contributed by atoms with Gasteiger partial charge in [0.25, 0.3) is 0 Å². The molecule has 2 saturated carbocycles. The lowest BCUT2D eigenvalue weighted by molar-refractivity contribution is 0.134. The Labute approximate surface area is 78.5 Å². The van der Waals surface area contributed by atoms with E-state index < -0.39 is 12.8 Å². The Balaban J connectivity index is 1.66. The third kappa shape index (κ3) is 2.02. The molecule has 2 aliphatic carbocycles. The van der Waals surface area contributed by atoms with Crippen LogP contribution in [0.2, 0.25) is 0 Å². The van der Waals surface area contributed by atoms with Gasteiger partial charge in [0.1, 0.15) is 6.67 Å². The first-order valence-corrected chi connectivity index (χ1v) is 5.27. The molecule has 3 atom stereocenters. The van der Waals surface area contributed by atoms with Crippen molar-refractivity contribution in [1.82, 2.24) is 5.32 Å². The highest BCUT2D eigenvalue weighted by molar-refractivity contribution is 4.93. The van der Waals surface area contributed by atoms with Gasteiger partial charge in [0.2, 0.25) is 0 Å². The molecule has 0 saturated heterocycles. The third-order valence-corrected chi connectivity index (χ3v) is 3.57. The summed E-state index contributed by atoms with van der Waals surface area (Å²) in [6, 6.07) is 0.540. The normalized spacial score (nSPS) is 39.7. The fraction of sp³-hybridized carbons (Fsp3) is 1.00. The van der Waals surface area contributed by atoms with E-state index in [2.05, 4.69) is 5.32 Å². The van der Waals surface area contributed by atoms with Crippen molar-refractivity contribution in [2.75, 3.05) is 13.2 Å². The SMILES string of the molecule is OC(CF)CNC1CC2CCC2C1. The maximum Gasteiger partial charge on any atom is 0.117 e. The molecule has 13 heavy (non-hydrogen) atoms. The number of nitrogens with one attached hydrogen (secondary N) is 1. The quantitative estimate of drug-likeness (QED) is 0.690. The van der Waals surface area contributed by atoms with Gasteiger partial charge in [-0.05, 0) is 37.5 Å². The molecule has 76 valence electrons. The van der Waals surface area contributed by atoms with Crippen molar-refractivity contribution >= 4 is 0 Å². The highest BCUT2D eigenvalue weighted by atomic mass is 19.1. The second-order valence-electron chi connectivity index (χ2n) is 4.48. The van der Waals surface area contributed by atoms with Crippen LogP contribution < -0.4 is 5.32 Å². The standard InChI is InChI=1S/C10H18FNO/c11-5-10(13)6-12-9-3-7-1-2-8(7)4-9/h7-10,12-13H,1-6H2. The number of halogens is 1. The lowest BCUT2D eigenvalue weighted by Gasteiger charge is -2.29. The first-order valence-electron chi connectivity index (χ1n) is 5.27. The van der Waals surface area contributed by atoms with Crippen LogP contribution in [-0.4, -0.2) is 30.5 Å². The number of fused-ring (bicyclic) bond motifs is 1. The molecular formula is C10H18FNO. The Kier molecular flexibility index (Phi) is 2.84. The lowest BCUT2D eigenvalue weighted by Crippen LogP contribution is -2.35. The summed E-state index contributed by atoms with van der Waals surface area (Å²) in [6.45, 7) is -0.215. The van der Waals surface area contributed by atoms with Gasteiger partial charge >= 0.3 is 0 Å². The fourth-order valence-corrected chi connectivity index (χ4v) is 2.61. The van der Waals surface area contributed by atoms with E-state index in [-0.39, 0.29) is 0 Å². The molecule has 2 nitrogen and oxygen atoms in total. The van der Waals surface area contributed by atoms with E-state index in [0.717, 1.165) is 11.8 Å². The van der Waals surface area contributed by atoms with Crippen molar-refractivity contribution in [2.24, 2.45) is 11.8 Å². The summed E-state index contributed by atoms with van der Waals surface area (Å²) in [5, 5.41) is 12.3. The van der Waals surface area contributed by atoms with E-state index >= 15 is 0 Å². The number of rotatable bonds is 4. The average Bonchev–Trinajstić information content (AvgIpc) is 2.39. The van der Waals surface area contributed by atoms with E-state index in [1.54, 1.807) is 0 Å². The molecule has 0 heterocycles. The summed E-state index contributed by atoms with van der Waals surface area (Å²) in [6.07, 6.45) is 4.44. The van der Waals surface area contributed by atoms with Crippen molar-refractivity contribution in [3.8, 4) is 0 Å². The zero-order chi connectivity index (χ0) is 9.26. The monoisotopic (exact) mass is 187 g/mol. The van der Waals surface area contributed by atoms with Gasteiger partial charge in [-0.15, -0.1) is 0 Å². The van der Waals surface area contributed by atoms with Gasteiger partial charge in [0.05, 0.1) is 6.10 Å². The van der Waals surface area contributed by atoms with Crippen LogP contribution in [0, 0.1) is 11.8 Å². The fourth-order valence-electron chi connectivity index (χ4n) is 2.61.